The fraction of sp³-hybridized carbons (Fsp3) is 0.364. The monoisotopic (exact) mass is 229 g/mol. The highest BCUT2D eigenvalue weighted by Crippen LogP contribution is 2.17. The Bertz CT molecular complexity index is 380. The van der Waals surface area contributed by atoms with Crippen molar-refractivity contribution in [2.24, 2.45) is 0 Å². The molecule has 0 bridgehead atoms. The molecule has 0 spiro atoms. The van der Waals surface area contributed by atoms with E-state index >= 15 is 0 Å². The highest BCUT2D eigenvalue weighted by atomic mass is 19.1. The summed E-state index contributed by atoms with van der Waals surface area (Å²) in [6, 6.07) is 2.91. The van der Waals surface area contributed by atoms with Crippen molar-refractivity contribution in [2.45, 2.75) is 19.9 Å². The van der Waals surface area contributed by atoms with E-state index in [2.05, 4.69) is 5.32 Å². The Kier molecular flexibility index (Phi) is 4.22. The molecule has 0 fully saturated rings. The Morgan fingerprint density at radius 1 is 1.44 bits per heavy atom. The molecule has 5 heteroatoms. The molecular weight excluding hydrogens is 216 g/mol. The van der Waals surface area contributed by atoms with Crippen molar-refractivity contribution in [3.05, 3.63) is 29.8 Å². The third-order valence-electron chi connectivity index (χ3n) is 1.70. The molecule has 1 aromatic rings. The molecule has 0 aliphatic rings. The van der Waals surface area contributed by atoms with Crippen molar-refractivity contribution in [1.29, 1.82) is 0 Å². The SMILES string of the molecule is CC(C)NC(=O)COc1ccc(F)cc1F. The number of ether oxygens (including phenoxy) is 1. The van der Waals surface area contributed by atoms with E-state index in [-0.39, 0.29) is 24.3 Å². The second-order valence-electron chi connectivity index (χ2n) is 3.59. The van der Waals surface area contributed by atoms with Crippen molar-refractivity contribution in [3.8, 4) is 5.75 Å². The van der Waals surface area contributed by atoms with Crippen LogP contribution in [0.1, 0.15) is 13.8 Å². The van der Waals surface area contributed by atoms with Crippen molar-refractivity contribution in [3.63, 3.8) is 0 Å². The van der Waals surface area contributed by atoms with Crippen LogP contribution in [-0.2, 0) is 4.79 Å². The lowest BCUT2D eigenvalue weighted by Gasteiger charge is -2.10. The van der Waals surface area contributed by atoms with Gasteiger partial charge in [0.1, 0.15) is 5.82 Å². The van der Waals surface area contributed by atoms with Gasteiger partial charge in [-0.25, -0.2) is 8.78 Å². The van der Waals surface area contributed by atoms with Crippen molar-refractivity contribution < 1.29 is 18.3 Å². The molecule has 3 nitrogen and oxygen atoms in total. The third kappa shape index (κ3) is 3.84. The van der Waals surface area contributed by atoms with Crippen molar-refractivity contribution >= 4 is 5.91 Å². The van der Waals surface area contributed by atoms with Gasteiger partial charge in [0.15, 0.2) is 18.2 Å². The number of amides is 1. The zero-order valence-corrected chi connectivity index (χ0v) is 9.09. The molecule has 1 amide bonds. The van der Waals surface area contributed by atoms with Gasteiger partial charge in [-0.1, -0.05) is 0 Å². The van der Waals surface area contributed by atoms with E-state index < -0.39 is 11.6 Å². The lowest BCUT2D eigenvalue weighted by atomic mass is 10.3. The van der Waals surface area contributed by atoms with E-state index in [9.17, 15) is 13.6 Å². The first kappa shape index (κ1) is 12.4. The molecule has 0 unspecified atom stereocenters. The first-order valence-electron chi connectivity index (χ1n) is 4.86. The van der Waals surface area contributed by atoms with Gasteiger partial charge in [-0.15, -0.1) is 0 Å². The quantitative estimate of drug-likeness (QED) is 0.855. The van der Waals surface area contributed by atoms with E-state index in [1.54, 1.807) is 13.8 Å². The fourth-order valence-corrected chi connectivity index (χ4v) is 1.10. The van der Waals surface area contributed by atoms with Gasteiger partial charge in [0.25, 0.3) is 5.91 Å². The molecule has 0 saturated carbocycles. The summed E-state index contributed by atoms with van der Waals surface area (Å²) in [7, 11) is 0. The topological polar surface area (TPSA) is 38.3 Å². The van der Waals surface area contributed by atoms with Crippen molar-refractivity contribution in [2.75, 3.05) is 6.61 Å². The Labute approximate surface area is 92.4 Å². The molecular formula is C11H13F2NO2. The number of rotatable bonds is 4. The summed E-state index contributed by atoms with van der Waals surface area (Å²) in [6.07, 6.45) is 0. The molecule has 0 aliphatic heterocycles. The Morgan fingerprint density at radius 2 is 2.12 bits per heavy atom. The standard InChI is InChI=1S/C11H13F2NO2/c1-7(2)14-11(15)6-16-10-4-3-8(12)5-9(10)13/h3-5,7H,6H2,1-2H3,(H,14,15). The van der Waals surface area contributed by atoms with Gasteiger partial charge < -0.3 is 10.1 Å². The average Bonchev–Trinajstić information content (AvgIpc) is 2.15. The van der Waals surface area contributed by atoms with Crippen LogP contribution < -0.4 is 10.1 Å². The van der Waals surface area contributed by atoms with Gasteiger partial charge in [-0.05, 0) is 26.0 Å². The fourth-order valence-electron chi connectivity index (χ4n) is 1.10. The maximum absolute atomic E-state index is 13.1. The molecule has 88 valence electrons. The van der Waals surface area contributed by atoms with Gasteiger partial charge in [-0.2, -0.15) is 0 Å². The Balaban J connectivity index is 2.51. The summed E-state index contributed by atoms with van der Waals surface area (Å²) in [5.74, 6) is -1.99. The number of hydrogen-bond donors (Lipinski definition) is 1. The van der Waals surface area contributed by atoms with Gasteiger partial charge in [0.05, 0.1) is 0 Å². The minimum Gasteiger partial charge on any atom is -0.481 e. The summed E-state index contributed by atoms with van der Waals surface area (Å²) in [6.45, 7) is 3.31. The molecule has 0 heterocycles. The Hall–Kier alpha value is -1.65. The maximum Gasteiger partial charge on any atom is 0.258 e. The normalized spacial score (nSPS) is 10.3. The summed E-state index contributed by atoms with van der Waals surface area (Å²) in [4.78, 5) is 11.2. The highest BCUT2D eigenvalue weighted by Gasteiger charge is 2.08. The largest absolute Gasteiger partial charge is 0.481 e. The van der Waals surface area contributed by atoms with Crippen LogP contribution in [0, 0.1) is 11.6 Å². The molecule has 0 atom stereocenters. The predicted molar refractivity (Wildman–Crippen MR) is 55.1 cm³/mol. The summed E-state index contributed by atoms with van der Waals surface area (Å²) in [5.41, 5.74) is 0. The predicted octanol–water partition coefficient (Wildman–Crippen LogP) is 1.87. The van der Waals surface area contributed by atoms with Crippen LogP contribution in [0.15, 0.2) is 18.2 Å². The van der Waals surface area contributed by atoms with Gasteiger partial charge >= 0.3 is 0 Å². The second-order valence-corrected chi connectivity index (χ2v) is 3.59. The number of hydrogen-bond acceptors (Lipinski definition) is 2. The van der Waals surface area contributed by atoms with Gasteiger partial charge in [0, 0.05) is 12.1 Å². The van der Waals surface area contributed by atoms with Gasteiger partial charge in [-0.3, -0.25) is 4.79 Å². The average molecular weight is 229 g/mol. The van der Waals surface area contributed by atoms with Crippen molar-refractivity contribution in [1.82, 2.24) is 5.32 Å². The van der Waals surface area contributed by atoms with E-state index in [0.29, 0.717) is 6.07 Å². The zero-order valence-electron chi connectivity index (χ0n) is 9.09. The number of nitrogens with one attached hydrogen (secondary N) is 1. The molecule has 1 N–H and O–H groups in total. The van der Waals surface area contributed by atoms with E-state index in [1.165, 1.54) is 0 Å². The van der Waals surface area contributed by atoms with E-state index in [0.717, 1.165) is 12.1 Å². The Morgan fingerprint density at radius 3 is 2.69 bits per heavy atom. The van der Waals surface area contributed by atoms with E-state index in [4.69, 9.17) is 4.74 Å². The number of benzene rings is 1. The maximum atomic E-state index is 13.1. The van der Waals surface area contributed by atoms with Crippen LogP contribution in [-0.4, -0.2) is 18.6 Å². The molecule has 1 rings (SSSR count). The number of carbonyl (C=O) groups excluding carboxylic acids is 1. The first-order chi connectivity index (χ1) is 7.49. The second kappa shape index (κ2) is 5.44. The lowest BCUT2D eigenvalue weighted by molar-refractivity contribution is -0.123. The number of halogens is 2. The molecule has 1 aromatic carbocycles. The zero-order chi connectivity index (χ0) is 12.1. The number of carbonyl (C=O) groups is 1. The smallest absolute Gasteiger partial charge is 0.258 e. The summed E-state index contributed by atoms with van der Waals surface area (Å²) in [5, 5.41) is 2.58. The first-order valence-corrected chi connectivity index (χ1v) is 4.86. The van der Waals surface area contributed by atoms with Crippen LogP contribution in [0.2, 0.25) is 0 Å². The summed E-state index contributed by atoms with van der Waals surface area (Å²) >= 11 is 0. The summed E-state index contributed by atoms with van der Waals surface area (Å²) < 4.78 is 30.5. The van der Waals surface area contributed by atoms with Crippen LogP contribution in [0.4, 0.5) is 8.78 Å². The molecule has 0 aromatic heterocycles. The molecule has 0 radical (unpaired) electrons. The molecule has 16 heavy (non-hydrogen) atoms. The van der Waals surface area contributed by atoms with Crippen LogP contribution in [0.25, 0.3) is 0 Å². The third-order valence-corrected chi connectivity index (χ3v) is 1.70. The molecule has 0 saturated heterocycles. The van der Waals surface area contributed by atoms with Crippen LogP contribution >= 0.6 is 0 Å². The lowest BCUT2D eigenvalue weighted by Crippen LogP contribution is -2.34. The van der Waals surface area contributed by atoms with E-state index in [1.807, 2.05) is 0 Å². The minimum absolute atomic E-state index is 0.00540. The van der Waals surface area contributed by atoms with Crippen LogP contribution in [0.3, 0.4) is 0 Å². The minimum atomic E-state index is -0.822. The van der Waals surface area contributed by atoms with Crippen LogP contribution in [0.5, 0.6) is 5.75 Å². The molecule has 0 aliphatic carbocycles. The highest BCUT2D eigenvalue weighted by molar-refractivity contribution is 5.77. The van der Waals surface area contributed by atoms with Gasteiger partial charge in [0.2, 0.25) is 0 Å².